The summed E-state index contributed by atoms with van der Waals surface area (Å²) in [5.74, 6) is -1.05. The molecule has 0 saturated heterocycles. The summed E-state index contributed by atoms with van der Waals surface area (Å²) in [6, 6.07) is 10.5. The topological polar surface area (TPSA) is 55.4 Å². The van der Waals surface area contributed by atoms with Crippen molar-refractivity contribution in [3.05, 3.63) is 62.6 Å². The number of rotatable bonds is 4. The van der Waals surface area contributed by atoms with E-state index < -0.39 is 11.9 Å². The number of hydrogen-bond donors (Lipinski definition) is 1. The lowest BCUT2D eigenvalue weighted by Crippen LogP contribution is -2.21. The summed E-state index contributed by atoms with van der Waals surface area (Å²) in [6.45, 7) is 3.50. The quantitative estimate of drug-likeness (QED) is 0.773. The van der Waals surface area contributed by atoms with Gasteiger partial charge in [0, 0.05) is 10.2 Å². The zero-order valence-corrected chi connectivity index (χ0v) is 15.0. The molecule has 0 aliphatic carbocycles. The molecule has 0 radical (unpaired) electrons. The molecule has 6 heteroatoms. The van der Waals surface area contributed by atoms with E-state index in [9.17, 15) is 9.59 Å². The van der Waals surface area contributed by atoms with Crippen molar-refractivity contribution in [2.24, 2.45) is 0 Å². The summed E-state index contributed by atoms with van der Waals surface area (Å²) in [7, 11) is 0. The molecule has 1 N–H and O–H groups in total. The smallest absolute Gasteiger partial charge is 0.340 e. The van der Waals surface area contributed by atoms with Gasteiger partial charge in [-0.25, -0.2) is 4.79 Å². The van der Waals surface area contributed by atoms with E-state index in [1.54, 1.807) is 18.2 Å². The van der Waals surface area contributed by atoms with Crippen molar-refractivity contribution in [1.29, 1.82) is 0 Å². The fraction of sp³-hybridized carbons (Fsp3) is 0.176. The molecule has 0 bridgehead atoms. The second-order valence-electron chi connectivity index (χ2n) is 5.12. The van der Waals surface area contributed by atoms with Gasteiger partial charge in [-0.05, 0) is 55.3 Å². The summed E-state index contributed by atoms with van der Waals surface area (Å²) in [6.07, 6.45) is 0. The molecule has 0 heterocycles. The van der Waals surface area contributed by atoms with Crippen LogP contribution in [-0.4, -0.2) is 18.5 Å². The minimum atomic E-state index is -0.646. The van der Waals surface area contributed by atoms with Gasteiger partial charge in [0.05, 0.1) is 10.6 Å². The van der Waals surface area contributed by atoms with Crippen molar-refractivity contribution in [2.45, 2.75) is 13.8 Å². The molecule has 0 fully saturated rings. The number of esters is 1. The number of amides is 1. The third-order valence-corrected chi connectivity index (χ3v) is 3.81. The number of carbonyl (C=O) groups excluding carboxylic acids is 2. The third-order valence-electron chi connectivity index (χ3n) is 2.99. The Balaban J connectivity index is 1.96. The highest BCUT2D eigenvalue weighted by atomic mass is 79.9. The van der Waals surface area contributed by atoms with Crippen LogP contribution in [0.25, 0.3) is 0 Å². The number of halogens is 2. The van der Waals surface area contributed by atoms with Gasteiger partial charge in [0.25, 0.3) is 5.91 Å². The van der Waals surface area contributed by atoms with E-state index in [0.29, 0.717) is 10.2 Å². The van der Waals surface area contributed by atoms with Crippen molar-refractivity contribution in [1.82, 2.24) is 0 Å². The van der Waals surface area contributed by atoms with E-state index in [4.69, 9.17) is 16.3 Å². The number of anilines is 1. The van der Waals surface area contributed by atoms with E-state index in [-0.39, 0.29) is 17.2 Å². The van der Waals surface area contributed by atoms with Crippen LogP contribution in [0.5, 0.6) is 0 Å². The van der Waals surface area contributed by atoms with E-state index in [1.165, 1.54) is 0 Å². The molecule has 0 aliphatic heterocycles. The molecular weight excluding hydrogens is 382 g/mol. The summed E-state index contributed by atoms with van der Waals surface area (Å²) >= 11 is 9.21. The predicted octanol–water partition coefficient (Wildman–Crippen LogP) is 4.51. The molecule has 2 aromatic carbocycles. The van der Waals surface area contributed by atoms with E-state index in [0.717, 1.165) is 11.1 Å². The van der Waals surface area contributed by atoms with Crippen LogP contribution in [0.4, 0.5) is 5.69 Å². The van der Waals surface area contributed by atoms with Crippen molar-refractivity contribution < 1.29 is 14.3 Å². The minimum absolute atomic E-state index is 0.209. The molecule has 0 spiro atoms. The Morgan fingerprint density at radius 3 is 2.43 bits per heavy atom. The highest BCUT2D eigenvalue weighted by Crippen LogP contribution is 2.21. The van der Waals surface area contributed by atoms with Gasteiger partial charge in [0.1, 0.15) is 0 Å². The summed E-state index contributed by atoms with van der Waals surface area (Å²) in [5, 5.41) is 2.97. The molecule has 4 nitrogen and oxygen atoms in total. The first-order valence-corrected chi connectivity index (χ1v) is 8.02. The lowest BCUT2D eigenvalue weighted by Gasteiger charge is -2.09. The molecule has 2 rings (SSSR count). The molecule has 0 saturated carbocycles. The Kier molecular flexibility index (Phi) is 5.80. The van der Waals surface area contributed by atoms with Crippen molar-refractivity contribution in [3.63, 3.8) is 0 Å². The van der Waals surface area contributed by atoms with Gasteiger partial charge in [-0.3, -0.25) is 4.79 Å². The van der Waals surface area contributed by atoms with Crippen LogP contribution in [0.2, 0.25) is 5.02 Å². The monoisotopic (exact) mass is 395 g/mol. The van der Waals surface area contributed by atoms with Gasteiger partial charge in [-0.15, -0.1) is 0 Å². The summed E-state index contributed by atoms with van der Waals surface area (Å²) in [4.78, 5) is 23.9. The van der Waals surface area contributed by atoms with Crippen LogP contribution >= 0.6 is 27.5 Å². The van der Waals surface area contributed by atoms with E-state index >= 15 is 0 Å². The van der Waals surface area contributed by atoms with E-state index in [1.807, 2.05) is 32.0 Å². The highest BCUT2D eigenvalue weighted by Gasteiger charge is 2.14. The normalized spacial score (nSPS) is 10.3. The van der Waals surface area contributed by atoms with Gasteiger partial charge in [0.15, 0.2) is 6.61 Å². The molecule has 1 amide bonds. The van der Waals surface area contributed by atoms with Gasteiger partial charge in [-0.2, -0.15) is 0 Å². The first-order chi connectivity index (χ1) is 10.8. The molecule has 0 aromatic heterocycles. The van der Waals surface area contributed by atoms with E-state index in [2.05, 4.69) is 21.2 Å². The predicted molar refractivity (Wildman–Crippen MR) is 94.0 cm³/mol. The third kappa shape index (κ3) is 5.08. The molecular formula is C17H15BrClNO3. The zero-order valence-electron chi connectivity index (χ0n) is 12.7. The second kappa shape index (κ2) is 7.62. The fourth-order valence-corrected chi connectivity index (χ4v) is 2.66. The molecule has 2 aromatic rings. The lowest BCUT2D eigenvalue weighted by molar-refractivity contribution is -0.119. The van der Waals surface area contributed by atoms with Crippen LogP contribution in [-0.2, 0) is 9.53 Å². The Labute approximate surface area is 147 Å². The number of ether oxygens (including phenoxy) is 1. The van der Waals surface area contributed by atoms with Crippen molar-refractivity contribution in [3.8, 4) is 0 Å². The van der Waals surface area contributed by atoms with Gasteiger partial charge < -0.3 is 10.1 Å². The molecule has 0 aliphatic rings. The van der Waals surface area contributed by atoms with Crippen LogP contribution in [0, 0.1) is 13.8 Å². The number of benzene rings is 2. The van der Waals surface area contributed by atoms with Crippen molar-refractivity contribution >= 4 is 45.1 Å². The Morgan fingerprint density at radius 1 is 1.13 bits per heavy atom. The first kappa shape index (κ1) is 17.5. The maximum absolute atomic E-state index is 12.0. The molecule has 0 unspecified atom stereocenters. The number of nitrogens with one attached hydrogen (secondary N) is 1. The van der Waals surface area contributed by atoms with Crippen LogP contribution in [0.15, 0.2) is 40.9 Å². The molecule has 0 atom stereocenters. The van der Waals surface area contributed by atoms with Crippen LogP contribution in [0.1, 0.15) is 21.5 Å². The van der Waals surface area contributed by atoms with Crippen LogP contribution < -0.4 is 5.32 Å². The average molecular weight is 397 g/mol. The number of carbonyl (C=O) groups is 2. The minimum Gasteiger partial charge on any atom is -0.452 e. The summed E-state index contributed by atoms with van der Waals surface area (Å²) in [5.41, 5.74) is 2.96. The first-order valence-electron chi connectivity index (χ1n) is 6.85. The Hall–Kier alpha value is -1.85. The Bertz CT molecular complexity index is 741. The highest BCUT2D eigenvalue weighted by molar-refractivity contribution is 9.10. The largest absolute Gasteiger partial charge is 0.452 e. The Morgan fingerprint density at radius 2 is 1.78 bits per heavy atom. The summed E-state index contributed by atoms with van der Waals surface area (Å²) < 4.78 is 5.70. The van der Waals surface area contributed by atoms with Gasteiger partial charge in [0.2, 0.25) is 0 Å². The second-order valence-corrected chi connectivity index (χ2v) is 6.45. The SMILES string of the molecule is Cc1cc(C)cc(NC(=O)COC(=O)c2cc(Br)ccc2Cl)c1. The lowest BCUT2D eigenvalue weighted by atomic mass is 10.1. The maximum atomic E-state index is 12.0. The van der Waals surface area contributed by atoms with Gasteiger partial charge in [-0.1, -0.05) is 33.6 Å². The zero-order chi connectivity index (χ0) is 17.0. The number of hydrogen-bond acceptors (Lipinski definition) is 3. The van der Waals surface area contributed by atoms with Crippen molar-refractivity contribution in [2.75, 3.05) is 11.9 Å². The maximum Gasteiger partial charge on any atom is 0.340 e. The average Bonchev–Trinajstić information content (AvgIpc) is 2.46. The van der Waals surface area contributed by atoms with Gasteiger partial charge >= 0.3 is 5.97 Å². The fourth-order valence-electron chi connectivity index (χ4n) is 2.11. The van der Waals surface area contributed by atoms with Crippen LogP contribution in [0.3, 0.4) is 0 Å². The molecule has 23 heavy (non-hydrogen) atoms. The molecule has 120 valence electrons. The standard InChI is InChI=1S/C17H15BrClNO3/c1-10-5-11(2)7-13(6-10)20-16(21)9-23-17(22)14-8-12(18)3-4-15(14)19/h3-8H,9H2,1-2H3,(H,20,21). The number of aryl methyl sites for hydroxylation is 2.